The van der Waals surface area contributed by atoms with Gasteiger partial charge in [-0.15, -0.1) is 10.2 Å². The summed E-state index contributed by atoms with van der Waals surface area (Å²) >= 11 is 1.31. The molecule has 0 saturated carbocycles. The Labute approximate surface area is 212 Å². The number of benzene rings is 3. The zero-order chi connectivity index (χ0) is 24.6. The molecule has 2 aromatic heterocycles. The Morgan fingerprint density at radius 1 is 1.00 bits per heavy atom. The van der Waals surface area contributed by atoms with Gasteiger partial charge in [-0.05, 0) is 67.1 Å². The molecule has 1 aliphatic carbocycles. The molecule has 8 heteroatoms. The summed E-state index contributed by atoms with van der Waals surface area (Å²) in [6.45, 7) is 2.42. The van der Waals surface area contributed by atoms with Crippen LogP contribution in [0.5, 0.6) is 0 Å². The van der Waals surface area contributed by atoms with E-state index in [1.807, 2.05) is 65.9 Å². The average molecular weight is 496 g/mol. The van der Waals surface area contributed by atoms with Gasteiger partial charge in [-0.25, -0.2) is 0 Å². The van der Waals surface area contributed by atoms with Crippen LogP contribution in [0.3, 0.4) is 0 Å². The van der Waals surface area contributed by atoms with E-state index in [4.69, 9.17) is 0 Å². The number of thioether (sulfide) groups is 1. The Kier molecular flexibility index (Phi) is 5.81. The molecule has 0 saturated heterocycles. The van der Waals surface area contributed by atoms with Crippen LogP contribution in [0, 0.1) is 6.92 Å². The molecule has 36 heavy (non-hydrogen) atoms. The second-order valence-electron chi connectivity index (χ2n) is 9.19. The highest BCUT2D eigenvalue weighted by atomic mass is 32.2. The SMILES string of the molecule is Cc1ccc(Cn2c(=O)c3ccccc3n3c(SCC(=O)Nc4ccc5c(c4)CCC5)nnc23)cc1. The molecule has 0 unspecified atom stereocenters. The van der Waals surface area contributed by atoms with Gasteiger partial charge in [0.05, 0.1) is 23.2 Å². The molecule has 5 aromatic rings. The van der Waals surface area contributed by atoms with Gasteiger partial charge in [0.2, 0.25) is 11.7 Å². The lowest BCUT2D eigenvalue weighted by molar-refractivity contribution is -0.113. The van der Waals surface area contributed by atoms with Crippen molar-refractivity contribution in [2.75, 3.05) is 11.1 Å². The van der Waals surface area contributed by atoms with Crippen LogP contribution in [0.2, 0.25) is 0 Å². The van der Waals surface area contributed by atoms with Gasteiger partial charge in [0, 0.05) is 5.69 Å². The largest absolute Gasteiger partial charge is 0.325 e. The minimum absolute atomic E-state index is 0.105. The van der Waals surface area contributed by atoms with E-state index in [0.29, 0.717) is 22.9 Å². The first kappa shape index (κ1) is 22.5. The lowest BCUT2D eigenvalue weighted by atomic mass is 10.1. The van der Waals surface area contributed by atoms with E-state index in [1.165, 1.54) is 29.3 Å². The predicted molar refractivity (Wildman–Crippen MR) is 143 cm³/mol. The quantitative estimate of drug-likeness (QED) is 0.348. The highest BCUT2D eigenvalue weighted by molar-refractivity contribution is 7.99. The number of hydrogen-bond acceptors (Lipinski definition) is 5. The summed E-state index contributed by atoms with van der Waals surface area (Å²) in [5.74, 6) is 0.538. The van der Waals surface area contributed by atoms with Crippen molar-refractivity contribution >= 4 is 40.0 Å². The molecule has 1 N–H and O–H groups in total. The summed E-state index contributed by atoms with van der Waals surface area (Å²) < 4.78 is 3.52. The van der Waals surface area contributed by atoms with Crippen LogP contribution in [0.25, 0.3) is 16.7 Å². The minimum Gasteiger partial charge on any atom is -0.325 e. The number of hydrogen-bond donors (Lipinski definition) is 1. The van der Waals surface area contributed by atoms with Gasteiger partial charge in [-0.3, -0.25) is 18.6 Å². The van der Waals surface area contributed by atoms with Crippen molar-refractivity contribution in [3.63, 3.8) is 0 Å². The Morgan fingerprint density at radius 3 is 2.67 bits per heavy atom. The van der Waals surface area contributed by atoms with E-state index in [0.717, 1.165) is 35.2 Å². The third-order valence-electron chi connectivity index (χ3n) is 6.65. The number of carbonyl (C=O) groups excluding carboxylic acids is 1. The van der Waals surface area contributed by atoms with Crippen LogP contribution in [0.4, 0.5) is 5.69 Å². The van der Waals surface area contributed by atoms with Crippen LogP contribution in [0.15, 0.2) is 76.7 Å². The van der Waals surface area contributed by atoms with Gasteiger partial charge < -0.3 is 5.32 Å². The number of rotatable bonds is 6. The van der Waals surface area contributed by atoms with E-state index >= 15 is 0 Å². The third-order valence-corrected chi connectivity index (χ3v) is 7.58. The van der Waals surface area contributed by atoms with Crippen LogP contribution in [-0.2, 0) is 24.2 Å². The van der Waals surface area contributed by atoms with Crippen molar-refractivity contribution in [1.82, 2.24) is 19.2 Å². The number of aryl methyl sites for hydroxylation is 3. The average Bonchev–Trinajstić information content (AvgIpc) is 3.53. The molecule has 1 amide bonds. The van der Waals surface area contributed by atoms with Gasteiger partial charge in [0.15, 0.2) is 5.16 Å². The van der Waals surface area contributed by atoms with E-state index in [-0.39, 0.29) is 17.2 Å². The molecule has 0 atom stereocenters. The van der Waals surface area contributed by atoms with Crippen molar-refractivity contribution in [1.29, 1.82) is 0 Å². The molecule has 3 aromatic carbocycles. The van der Waals surface area contributed by atoms with Crippen LogP contribution in [-0.4, -0.2) is 30.8 Å². The van der Waals surface area contributed by atoms with E-state index in [2.05, 4.69) is 27.6 Å². The summed E-state index contributed by atoms with van der Waals surface area (Å²) in [6, 6.07) is 21.7. The normalized spacial score (nSPS) is 12.8. The van der Waals surface area contributed by atoms with Gasteiger partial charge in [0.1, 0.15) is 0 Å². The molecular weight excluding hydrogens is 470 g/mol. The van der Waals surface area contributed by atoms with Crippen molar-refractivity contribution in [3.8, 4) is 0 Å². The highest BCUT2D eigenvalue weighted by Crippen LogP contribution is 2.26. The second kappa shape index (κ2) is 9.28. The fourth-order valence-corrected chi connectivity index (χ4v) is 5.56. The van der Waals surface area contributed by atoms with E-state index < -0.39 is 0 Å². The first-order valence-corrected chi connectivity index (χ1v) is 13.0. The highest BCUT2D eigenvalue weighted by Gasteiger charge is 2.18. The predicted octanol–water partition coefficient (Wildman–Crippen LogP) is 4.62. The molecule has 0 radical (unpaired) electrons. The van der Waals surface area contributed by atoms with E-state index in [1.54, 1.807) is 4.57 Å². The summed E-state index contributed by atoms with van der Waals surface area (Å²) in [7, 11) is 0. The molecule has 6 rings (SSSR count). The van der Waals surface area contributed by atoms with Crippen LogP contribution < -0.4 is 10.9 Å². The minimum atomic E-state index is -0.114. The fraction of sp³-hybridized carbons (Fsp3) is 0.214. The van der Waals surface area contributed by atoms with Gasteiger partial charge in [-0.2, -0.15) is 0 Å². The molecule has 2 heterocycles. The molecule has 0 aliphatic heterocycles. The first-order chi connectivity index (χ1) is 17.6. The molecule has 180 valence electrons. The van der Waals surface area contributed by atoms with Crippen LogP contribution >= 0.6 is 11.8 Å². The topological polar surface area (TPSA) is 81.3 Å². The molecule has 0 spiro atoms. The smallest absolute Gasteiger partial charge is 0.263 e. The van der Waals surface area contributed by atoms with E-state index in [9.17, 15) is 9.59 Å². The molecular formula is C28H25N5O2S. The van der Waals surface area contributed by atoms with Crippen molar-refractivity contribution in [2.24, 2.45) is 0 Å². The second-order valence-corrected chi connectivity index (χ2v) is 10.1. The Hall–Kier alpha value is -3.91. The molecule has 7 nitrogen and oxygen atoms in total. The molecule has 0 bridgehead atoms. The lowest BCUT2D eigenvalue weighted by Crippen LogP contribution is -2.24. The van der Waals surface area contributed by atoms with Crippen LogP contribution in [0.1, 0.15) is 28.7 Å². The zero-order valence-corrected chi connectivity index (χ0v) is 20.7. The Balaban J connectivity index is 1.30. The summed E-state index contributed by atoms with van der Waals surface area (Å²) in [6.07, 6.45) is 3.35. The fourth-order valence-electron chi connectivity index (χ4n) is 4.82. The number of carbonyl (C=O) groups is 1. The first-order valence-electron chi connectivity index (χ1n) is 12.0. The monoisotopic (exact) mass is 495 g/mol. The number of anilines is 1. The summed E-state index contributed by atoms with van der Waals surface area (Å²) in [5, 5.41) is 12.9. The molecule has 1 aliphatic rings. The number of fused-ring (bicyclic) bond motifs is 4. The molecule has 0 fully saturated rings. The van der Waals surface area contributed by atoms with Gasteiger partial charge >= 0.3 is 0 Å². The van der Waals surface area contributed by atoms with Crippen molar-refractivity contribution in [2.45, 2.75) is 37.9 Å². The maximum atomic E-state index is 13.4. The van der Waals surface area contributed by atoms with Crippen molar-refractivity contribution in [3.05, 3.63) is 99.3 Å². The Bertz CT molecular complexity index is 1670. The number of para-hydroxylation sites is 1. The number of nitrogens with one attached hydrogen (secondary N) is 1. The third kappa shape index (κ3) is 4.18. The summed E-state index contributed by atoms with van der Waals surface area (Å²) in [4.78, 5) is 26.1. The summed E-state index contributed by atoms with van der Waals surface area (Å²) in [5.41, 5.74) is 6.30. The standard InChI is InChI=1S/C28H25N5O2S/c1-18-9-11-19(12-10-18)16-32-26(35)23-7-2-3-8-24(23)33-27(32)30-31-28(33)36-17-25(34)29-22-14-13-20-5-4-6-21(20)15-22/h2-3,7-15H,4-6,16-17H2,1H3,(H,29,34). The maximum absolute atomic E-state index is 13.4. The number of nitrogens with zero attached hydrogens (tertiary/aromatic N) is 4. The Morgan fingerprint density at radius 2 is 1.81 bits per heavy atom. The number of amides is 1. The van der Waals surface area contributed by atoms with Crippen molar-refractivity contribution < 1.29 is 4.79 Å². The zero-order valence-electron chi connectivity index (χ0n) is 19.9. The van der Waals surface area contributed by atoms with Gasteiger partial charge in [-0.1, -0.05) is 59.8 Å². The number of aromatic nitrogens is 4. The lowest BCUT2D eigenvalue weighted by Gasteiger charge is -2.12. The maximum Gasteiger partial charge on any atom is 0.263 e. The van der Waals surface area contributed by atoms with Gasteiger partial charge in [0.25, 0.3) is 5.56 Å².